The van der Waals surface area contributed by atoms with Gasteiger partial charge in [0.1, 0.15) is 11.5 Å². The fraction of sp³-hybridized carbons (Fsp3) is 0.400. The van der Waals surface area contributed by atoms with E-state index in [1.54, 1.807) is 0 Å². The third kappa shape index (κ3) is 3.11. The molecule has 1 radical (unpaired) electrons. The zero-order chi connectivity index (χ0) is 16.3. The molecule has 22 heavy (non-hydrogen) atoms. The van der Waals surface area contributed by atoms with Crippen molar-refractivity contribution in [2.45, 2.75) is 53.4 Å². The minimum Gasteiger partial charge on any atom is -0.456 e. The SMILES string of the molecule is CCc1cc(C)c(Oc2ccccc2C(C)C)c(CC)c1[O]. The Balaban J connectivity index is 2.53. The molecule has 0 unspecified atom stereocenters. The topological polar surface area (TPSA) is 29.1 Å². The van der Waals surface area contributed by atoms with Gasteiger partial charge in [0.25, 0.3) is 0 Å². The van der Waals surface area contributed by atoms with Gasteiger partial charge in [0.05, 0.1) is 0 Å². The van der Waals surface area contributed by atoms with Crippen LogP contribution in [0, 0.1) is 6.92 Å². The van der Waals surface area contributed by atoms with Gasteiger partial charge in [-0.05, 0) is 54.5 Å². The Morgan fingerprint density at radius 3 is 2.36 bits per heavy atom. The van der Waals surface area contributed by atoms with Crippen molar-refractivity contribution in [3.05, 3.63) is 52.6 Å². The summed E-state index contributed by atoms with van der Waals surface area (Å²) < 4.78 is 6.20. The van der Waals surface area contributed by atoms with E-state index in [2.05, 4.69) is 19.9 Å². The lowest BCUT2D eigenvalue weighted by atomic mass is 9.99. The monoisotopic (exact) mass is 297 g/mol. The molecule has 117 valence electrons. The maximum atomic E-state index is 12.5. The van der Waals surface area contributed by atoms with Crippen LogP contribution in [0.1, 0.15) is 55.9 Å². The van der Waals surface area contributed by atoms with E-state index in [0.29, 0.717) is 12.3 Å². The molecule has 2 aromatic rings. The Labute approximate surface area is 133 Å². The molecule has 0 aliphatic heterocycles. The van der Waals surface area contributed by atoms with E-state index in [4.69, 9.17) is 4.74 Å². The zero-order valence-electron chi connectivity index (χ0n) is 14.2. The first-order chi connectivity index (χ1) is 10.5. The molecule has 2 rings (SSSR count). The first-order valence-electron chi connectivity index (χ1n) is 8.08. The average Bonchev–Trinajstić information content (AvgIpc) is 2.51. The van der Waals surface area contributed by atoms with E-state index < -0.39 is 0 Å². The molecule has 2 aromatic carbocycles. The molecule has 2 heteroatoms. The molecule has 0 aliphatic rings. The van der Waals surface area contributed by atoms with Gasteiger partial charge in [-0.25, -0.2) is 0 Å². The molecule has 0 spiro atoms. The first kappa shape index (κ1) is 16.4. The summed E-state index contributed by atoms with van der Waals surface area (Å²) >= 11 is 0. The van der Waals surface area contributed by atoms with E-state index in [9.17, 15) is 5.11 Å². The number of para-hydroxylation sites is 1. The molecule has 0 aromatic heterocycles. The van der Waals surface area contributed by atoms with Gasteiger partial charge in [-0.15, -0.1) is 0 Å². The molecule has 0 fully saturated rings. The van der Waals surface area contributed by atoms with Crippen LogP contribution >= 0.6 is 0 Å². The summed E-state index contributed by atoms with van der Waals surface area (Å²) in [5, 5.41) is 12.5. The quantitative estimate of drug-likeness (QED) is 0.648. The lowest BCUT2D eigenvalue weighted by Crippen LogP contribution is -2.00. The van der Waals surface area contributed by atoms with Gasteiger partial charge in [-0.1, -0.05) is 45.9 Å². The number of benzene rings is 2. The van der Waals surface area contributed by atoms with E-state index in [-0.39, 0.29) is 5.75 Å². The van der Waals surface area contributed by atoms with Gasteiger partial charge in [0, 0.05) is 5.56 Å². The van der Waals surface area contributed by atoms with Gasteiger partial charge in [0.2, 0.25) is 0 Å². The smallest absolute Gasteiger partial charge is 0.188 e. The molecule has 0 N–H and O–H groups in total. The van der Waals surface area contributed by atoms with Crippen LogP contribution in [-0.4, -0.2) is 0 Å². The van der Waals surface area contributed by atoms with Gasteiger partial charge in [-0.3, -0.25) is 5.11 Å². The Morgan fingerprint density at radius 1 is 1.09 bits per heavy atom. The van der Waals surface area contributed by atoms with Crippen LogP contribution in [0.15, 0.2) is 30.3 Å². The standard InChI is InChI=1S/C20H25O2/c1-6-15-12-14(5)20(16(7-2)19(15)21)22-18-11-9-8-10-17(18)13(3)4/h8-13H,6-7H2,1-5H3. The second-order valence-corrected chi connectivity index (χ2v) is 5.99. The predicted octanol–water partition coefficient (Wildman–Crippen LogP) is 6.18. The lowest BCUT2D eigenvalue weighted by Gasteiger charge is -2.18. The van der Waals surface area contributed by atoms with E-state index in [0.717, 1.165) is 40.2 Å². The first-order valence-corrected chi connectivity index (χ1v) is 8.08. The van der Waals surface area contributed by atoms with E-state index in [1.165, 1.54) is 0 Å². The highest BCUT2D eigenvalue weighted by atomic mass is 16.5. The fourth-order valence-electron chi connectivity index (χ4n) is 2.81. The van der Waals surface area contributed by atoms with Crippen molar-refractivity contribution in [1.29, 1.82) is 0 Å². The van der Waals surface area contributed by atoms with Crippen LogP contribution in [0.4, 0.5) is 0 Å². The van der Waals surface area contributed by atoms with Crippen LogP contribution in [-0.2, 0) is 17.9 Å². The normalized spacial score (nSPS) is 11.0. The van der Waals surface area contributed by atoms with Crippen LogP contribution in [0.3, 0.4) is 0 Å². The predicted molar refractivity (Wildman–Crippen MR) is 90.7 cm³/mol. The average molecular weight is 297 g/mol. The van der Waals surface area contributed by atoms with E-state index >= 15 is 0 Å². The highest BCUT2D eigenvalue weighted by Gasteiger charge is 2.18. The summed E-state index contributed by atoms with van der Waals surface area (Å²) in [6.45, 7) is 10.3. The molecule has 0 amide bonds. The molecule has 0 atom stereocenters. The van der Waals surface area contributed by atoms with Crippen molar-refractivity contribution >= 4 is 0 Å². The molecule has 0 bridgehead atoms. The number of hydrogen-bond donors (Lipinski definition) is 0. The third-order valence-electron chi connectivity index (χ3n) is 4.08. The molecule has 0 aliphatic carbocycles. The fourth-order valence-corrected chi connectivity index (χ4v) is 2.81. The largest absolute Gasteiger partial charge is 0.456 e. The maximum Gasteiger partial charge on any atom is 0.188 e. The third-order valence-corrected chi connectivity index (χ3v) is 4.08. The molecule has 0 saturated carbocycles. The summed E-state index contributed by atoms with van der Waals surface area (Å²) in [6, 6.07) is 10.0. The number of rotatable bonds is 5. The van der Waals surface area contributed by atoms with E-state index in [1.807, 2.05) is 45.0 Å². The van der Waals surface area contributed by atoms with Crippen LogP contribution < -0.4 is 4.74 Å². The maximum absolute atomic E-state index is 12.5. The Morgan fingerprint density at radius 2 is 1.77 bits per heavy atom. The number of ether oxygens (including phenoxy) is 1. The Kier molecular flexibility index (Phi) is 5.12. The van der Waals surface area contributed by atoms with Crippen molar-refractivity contribution < 1.29 is 9.84 Å². The molecular weight excluding hydrogens is 272 g/mol. The summed E-state index contributed by atoms with van der Waals surface area (Å²) in [6.07, 6.45) is 1.45. The molecule has 2 nitrogen and oxygen atoms in total. The highest BCUT2D eigenvalue weighted by molar-refractivity contribution is 5.55. The van der Waals surface area contributed by atoms with Crippen molar-refractivity contribution in [3.8, 4) is 17.2 Å². The minimum atomic E-state index is 0.132. The highest BCUT2D eigenvalue weighted by Crippen LogP contribution is 2.40. The summed E-state index contributed by atoms with van der Waals surface area (Å²) in [7, 11) is 0. The van der Waals surface area contributed by atoms with Gasteiger partial charge in [-0.2, -0.15) is 0 Å². The second kappa shape index (κ2) is 6.87. The number of hydrogen-bond acceptors (Lipinski definition) is 1. The summed E-state index contributed by atoms with van der Waals surface area (Å²) in [5.41, 5.74) is 3.86. The van der Waals surface area contributed by atoms with Crippen molar-refractivity contribution in [2.75, 3.05) is 0 Å². The Bertz CT molecular complexity index is 657. The molecular formula is C20H25O2. The van der Waals surface area contributed by atoms with Crippen molar-refractivity contribution in [3.63, 3.8) is 0 Å². The van der Waals surface area contributed by atoms with Crippen molar-refractivity contribution in [2.24, 2.45) is 0 Å². The lowest BCUT2D eigenvalue weighted by molar-refractivity contribution is 0.341. The van der Waals surface area contributed by atoms with Gasteiger partial charge >= 0.3 is 0 Å². The zero-order valence-corrected chi connectivity index (χ0v) is 14.2. The van der Waals surface area contributed by atoms with Crippen LogP contribution in [0.25, 0.3) is 0 Å². The second-order valence-electron chi connectivity index (χ2n) is 5.99. The van der Waals surface area contributed by atoms with Gasteiger partial charge in [0.15, 0.2) is 5.75 Å². The molecule has 0 saturated heterocycles. The molecule has 0 heterocycles. The van der Waals surface area contributed by atoms with Crippen LogP contribution in [0.5, 0.6) is 17.2 Å². The van der Waals surface area contributed by atoms with Gasteiger partial charge < -0.3 is 4.74 Å². The summed E-state index contributed by atoms with van der Waals surface area (Å²) in [4.78, 5) is 0. The minimum absolute atomic E-state index is 0.132. The Hall–Kier alpha value is -1.96. The summed E-state index contributed by atoms with van der Waals surface area (Å²) in [5.74, 6) is 2.09. The van der Waals surface area contributed by atoms with Crippen LogP contribution in [0.2, 0.25) is 0 Å². The van der Waals surface area contributed by atoms with Crippen molar-refractivity contribution in [1.82, 2.24) is 0 Å². The number of aryl methyl sites for hydroxylation is 2.